The second kappa shape index (κ2) is 4.25. The minimum Gasteiger partial charge on any atom is -0.460 e. The van der Waals surface area contributed by atoms with Crippen molar-refractivity contribution >= 4 is 22.6 Å². The fourth-order valence-electron chi connectivity index (χ4n) is 1.45. The lowest BCUT2D eigenvalue weighted by atomic mass is 10.2. The van der Waals surface area contributed by atoms with Crippen LogP contribution < -0.4 is 11.3 Å². The number of nitrogen functional groups attached to an aromatic ring is 1. The lowest BCUT2D eigenvalue weighted by Crippen LogP contribution is -2.17. The van der Waals surface area contributed by atoms with Crippen molar-refractivity contribution in [1.29, 1.82) is 0 Å². The predicted octanol–water partition coefficient (Wildman–Crippen LogP) is 0.682. The summed E-state index contributed by atoms with van der Waals surface area (Å²) in [5.41, 5.74) is 6.03. The van der Waals surface area contributed by atoms with Crippen molar-refractivity contribution in [3.63, 3.8) is 0 Å². The molecule has 6 heteroatoms. The van der Waals surface area contributed by atoms with E-state index in [1.165, 1.54) is 6.07 Å². The first-order valence-corrected chi connectivity index (χ1v) is 5.08. The van der Waals surface area contributed by atoms with E-state index in [0.717, 1.165) is 0 Å². The first kappa shape index (κ1) is 11.1. The largest absolute Gasteiger partial charge is 0.460 e. The summed E-state index contributed by atoms with van der Waals surface area (Å²) in [4.78, 5) is 29.5. The number of aromatic nitrogens is 2. The number of fused-ring (bicyclic) bond motifs is 1. The Bertz CT molecular complexity index is 633. The molecule has 1 aromatic carbocycles. The summed E-state index contributed by atoms with van der Waals surface area (Å²) in [5.74, 6) is -0.752. The van der Waals surface area contributed by atoms with Crippen molar-refractivity contribution in [3.05, 3.63) is 34.4 Å². The average Bonchev–Trinajstić information content (AvgIpc) is 2.30. The maximum absolute atomic E-state index is 11.7. The van der Waals surface area contributed by atoms with Gasteiger partial charge in [0.25, 0.3) is 5.56 Å². The molecule has 0 saturated heterocycles. The number of hydrogen-bond acceptors (Lipinski definition) is 5. The van der Waals surface area contributed by atoms with Crippen molar-refractivity contribution in [1.82, 2.24) is 9.97 Å². The maximum atomic E-state index is 11.7. The molecular formula is C11H11N3O3. The molecule has 17 heavy (non-hydrogen) atoms. The highest BCUT2D eigenvalue weighted by Gasteiger charge is 2.12. The highest BCUT2D eigenvalue weighted by Crippen LogP contribution is 2.11. The second-order valence-electron chi connectivity index (χ2n) is 3.41. The van der Waals surface area contributed by atoms with Crippen LogP contribution in [0.2, 0.25) is 0 Å². The molecule has 6 nitrogen and oxygen atoms in total. The van der Waals surface area contributed by atoms with Gasteiger partial charge in [-0.15, -0.1) is 0 Å². The predicted molar refractivity (Wildman–Crippen MR) is 62.7 cm³/mol. The summed E-state index contributed by atoms with van der Waals surface area (Å²) in [7, 11) is 0. The number of nitrogens with one attached hydrogen (secondary N) is 1. The van der Waals surface area contributed by atoms with Gasteiger partial charge in [-0.25, -0.2) is 9.78 Å². The number of aromatic amines is 1. The summed E-state index contributed by atoms with van der Waals surface area (Å²) in [5, 5.41) is 0.345. The molecule has 0 aliphatic carbocycles. The Hall–Kier alpha value is -2.37. The number of esters is 1. The van der Waals surface area contributed by atoms with Crippen LogP contribution in [0.25, 0.3) is 10.9 Å². The number of hydrogen-bond donors (Lipinski definition) is 2. The number of H-pyrrole nitrogens is 1. The molecule has 0 saturated carbocycles. The van der Waals surface area contributed by atoms with Crippen LogP contribution in [0.5, 0.6) is 0 Å². The Balaban J connectivity index is 2.60. The maximum Gasteiger partial charge on any atom is 0.374 e. The Morgan fingerprint density at radius 3 is 3.00 bits per heavy atom. The van der Waals surface area contributed by atoms with Gasteiger partial charge in [-0.3, -0.25) is 4.79 Å². The number of carbonyl (C=O) groups is 1. The highest BCUT2D eigenvalue weighted by molar-refractivity contribution is 5.89. The normalized spacial score (nSPS) is 10.4. The molecule has 88 valence electrons. The van der Waals surface area contributed by atoms with Crippen LogP contribution in [0.1, 0.15) is 17.5 Å². The monoisotopic (exact) mass is 233 g/mol. The van der Waals surface area contributed by atoms with Gasteiger partial charge in [-0.05, 0) is 25.1 Å². The molecule has 3 N–H and O–H groups in total. The van der Waals surface area contributed by atoms with E-state index in [-0.39, 0.29) is 12.4 Å². The van der Waals surface area contributed by atoms with Gasteiger partial charge in [0, 0.05) is 5.69 Å². The zero-order valence-corrected chi connectivity index (χ0v) is 9.19. The van der Waals surface area contributed by atoms with Gasteiger partial charge in [0.1, 0.15) is 0 Å². The van der Waals surface area contributed by atoms with E-state index in [2.05, 4.69) is 9.97 Å². The van der Waals surface area contributed by atoms with Crippen LogP contribution in [0, 0.1) is 0 Å². The third-order valence-corrected chi connectivity index (χ3v) is 2.20. The third-order valence-electron chi connectivity index (χ3n) is 2.20. The second-order valence-corrected chi connectivity index (χ2v) is 3.41. The number of nitrogens with two attached hydrogens (primary N) is 1. The van der Waals surface area contributed by atoms with Gasteiger partial charge < -0.3 is 15.5 Å². The molecule has 2 aromatic rings. The number of benzene rings is 1. The van der Waals surface area contributed by atoms with Gasteiger partial charge in [0.15, 0.2) is 0 Å². The molecule has 0 amide bonds. The lowest BCUT2D eigenvalue weighted by Gasteiger charge is -2.03. The number of anilines is 1. The Morgan fingerprint density at radius 1 is 1.53 bits per heavy atom. The number of ether oxygens (including phenoxy) is 1. The summed E-state index contributed by atoms with van der Waals surface area (Å²) >= 11 is 0. The van der Waals surface area contributed by atoms with Gasteiger partial charge >= 0.3 is 5.97 Å². The molecule has 2 rings (SSSR count). The smallest absolute Gasteiger partial charge is 0.374 e. The summed E-state index contributed by atoms with van der Waals surface area (Å²) in [6, 6.07) is 4.71. The molecule has 1 heterocycles. The Labute approximate surface area is 96.4 Å². The fraction of sp³-hybridized carbons (Fsp3) is 0.182. The third kappa shape index (κ3) is 2.10. The quantitative estimate of drug-likeness (QED) is 0.587. The van der Waals surface area contributed by atoms with E-state index in [1.54, 1.807) is 19.1 Å². The van der Waals surface area contributed by atoms with Crippen LogP contribution in [-0.2, 0) is 4.74 Å². The molecular weight excluding hydrogens is 222 g/mol. The van der Waals surface area contributed by atoms with Crippen molar-refractivity contribution in [2.45, 2.75) is 6.92 Å². The van der Waals surface area contributed by atoms with E-state index in [1.807, 2.05) is 0 Å². The SMILES string of the molecule is CCOC(=O)c1nc2ccc(N)cc2c(=O)[nH]1. The van der Waals surface area contributed by atoms with Gasteiger partial charge in [0.2, 0.25) is 5.82 Å². The van der Waals surface area contributed by atoms with E-state index in [0.29, 0.717) is 16.6 Å². The molecule has 0 aliphatic heterocycles. The first-order valence-electron chi connectivity index (χ1n) is 5.08. The molecule has 0 spiro atoms. The minimum absolute atomic E-state index is 0.103. The molecule has 1 aromatic heterocycles. The van der Waals surface area contributed by atoms with Crippen molar-refractivity contribution < 1.29 is 9.53 Å². The van der Waals surface area contributed by atoms with Gasteiger partial charge in [0.05, 0.1) is 17.5 Å². The Morgan fingerprint density at radius 2 is 2.29 bits per heavy atom. The summed E-state index contributed by atoms with van der Waals surface area (Å²) < 4.78 is 4.76. The van der Waals surface area contributed by atoms with Crippen LogP contribution in [0.3, 0.4) is 0 Å². The summed E-state index contributed by atoms with van der Waals surface area (Å²) in [6.07, 6.45) is 0. The van der Waals surface area contributed by atoms with Crippen molar-refractivity contribution in [3.8, 4) is 0 Å². The molecule has 0 radical (unpaired) electrons. The molecule has 0 atom stereocenters. The highest BCUT2D eigenvalue weighted by atomic mass is 16.5. The number of carbonyl (C=O) groups excluding carboxylic acids is 1. The standard InChI is InChI=1S/C11H11N3O3/c1-2-17-11(16)9-13-8-4-3-6(12)5-7(8)10(15)14-9/h3-5H,2,12H2,1H3,(H,13,14,15). The zero-order valence-electron chi connectivity index (χ0n) is 9.19. The van der Waals surface area contributed by atoms with E-state index in [4.69, 9.17) is 10.5 Å². The van der Waals surface area contributed by atoms with Crippen LogP contribution in [0.15, 0.2) is 23.0 Å². The Kier molecular flexibility index (Phi) is 2.78. The molecule has 0 unspecified atom stereocenters. The zero-order chi connectivity index (χ0) is 12.4. The summed E-state index contributed by atoms with van der Waals surface area (Å²) in [6.45, 7) is 1.90. The molecule has 0 fully saturated rings. The fourth-order valence-corrected chi connectivity index (χ4v) is 1.45. The first-order chi connectivity index (χ1) is 8.11. The van der Waals surface area contributed by atoms with Crippen molar-refractivity contribution in [2.24, 2.45) is 0 Å². The van der Waals surface area contributed by atoms with Crippen LogP contribution >= 0.6 is 0 Å². The molecule has 0 aliphatic rings. The number of rotatable bonds is 2. The topological polar surface area (TPSA) is 98.1 Å². The van der Waals surface area contributed by atoms with E-state index in [9.17, 15) is 9.59 Å². The van der Waals surface area contributed by atoms with Crippen LogP contribution in [-0.4, -0.2) is 22.5 Å². The van der Waals surface area contributed by atoms with Crippen molar-refractivity contribution in [2.75, 3.05) is 12.3 Å². The lowest BCUT2D eigenvalue weighted by molar-refractivity contribution is 0.0512. The van der Waals surface area contributed by atoms with E-state index < -0.39 is 11.5 Å². The average molecular weight is 233 g/mol. The van der Waals surface area contributed by atoms with Crippen LogP contribution in [0.4, 0.5) is 5.69 Å². The van der Waals surface area contributed by atoms with Gasteiger partial charge in [-0.1, -0.05) is 0 Å². The minimum atomic E-state index is -0.650. The molecule has 0 bridgehead atoms. The number of nitrogens with zero attached hydrogens (tertiary/aromatic N) is 1. The van der Waals surface area contributed by atoms with Gasteiger partial charge in [-0.2, -0.15) is 0 Å². The van der Waals surface area contributed by atoms with E-state index >= 15 is 0 Å².